The maximum Gasteiger partial charge on any atom is 0.416 e. The van der Waals surface area contributed by atoms with Crippen molar-refractivity contribution in [2.24, 2.45) is 0 Å². The van der Waals surface area contributed by atoms with E-state index in [0.29, 0.717) is 0 Å². The number of aromatic nitrogens is 1. The molecule has 1 amide bonds. The standard InChI is InChI=1S/C17H14F4N2O2/c18-11-5-10(7-22-8-11)16(25)23-9-12(24)6-15(23)13-3-1-2-4-14(13)17(19,20)21/h1-5,7-8,12,15,24H,6,9H2/t12-,15-/m1/s1. The molecular formula is C17H14F4N2O2. The summed E-state index contributed by atoms with van der Waals surface area (Å²) >= 11 is 0. The Hall–Kier alpha value is -2.48. The predicted octanol–water partition coefficient (Wildman–Crippen LogP) is 3.19. The van der Waals surface area contributed by atoms with Crippen LogP contribution in [-0.2, 0) is 6.18 Å². The fourth-order valence-corrected chi connectivity index (χ4v) is 3.07. The molecule has 2 heterocycles. The van der Waals surface area contributed by atoms with E-state index >= 15 is 0 Å². The minimum Gasteiger partial charge on any atom is -0.391 e. The largest absolute Gasteiger partial charge is 0.416 e. The number of halogens is 4. The molecule has 4 nitrogen and oxygen atoms in total. The smallest absolute Gasteiger partial charge is 0.391 e. The highest BCUT2D eigenvalue weighted by Gasteiger charge is 2.41. The fourth-order valence-electron chi connectivity index (χ4n) is 3.07. The van der Waals surface area contributed by atoms with Gasteiger partial charge in [-0.2, -0.15) is 13.2 Å². The SMILES string of the molecule is O=C(c1cncc(F)c1)N1C[C@H](O)C[C@@H]1c1ccccc1C(F)(F)F. The van der Waals surface area contributed by atoms with Gasteiger partial charge in [-0.05, 0) is 24.1 Å². The van der Waals surface area contributed by atoms with E-state index in [1.165, 1.54) is 18.2 Å². The third-order valence-electron chi connectivity index (χ3n) is 4.12. The molecule has 8 heteroatoms. The third-order valence-corrected chi connectivity index (χ3v) is 4.12. The van der Waals surface area contributed by atoms with E-state index in [-0.39, 0.29) is 24.1 Å². The number of pyridine rings is 1. The highest BCUT2D eigenvalue weighted by Crippen LogP contribution is 2.40. The number of benzene rings is 1. The van der Waals surface area contributed by atoms with Crippen LogP contribution in [0.25, 0.3) is 0 Å². The van der Waals surface area contributed by atoms with Gasteiger partial charge < -0.3 is 10.0 Å². The molecule has 0 spiro atoms. The molecule has 1 fully saturated rings. The number of β-amino-alcohol motifs (C(OH)–C–C–N with tert-alkyl or cyclic N) is 1. The Bertz CT molecular complexity index is 794. The number of aliphatic hydroxyl groups excluding tert-OH is 1. The summed E-state index contributed by atoms with van der Waals surface area (Å²) in [5, 5.41) is 9.91. The van der Waals surface area contributed by atoms with Gasteiger partial charge in [-0.1, -0.05) is 18.2 Å². The molecule has 1 aromatic heterocycles. The molecule has 0 saturated carbocycles. The lowest BCUT2D eigenvalue weighted by atomic mass is 9.97. The van der Waals surface area contributed by atoms with Crippen molar-refractivity contribution >= 4 is 5.91 Å². The van der Waals surface area contributed by atoms with Crippen molar-refractivity contribution < 1.29 is 27.5 Å². The molecule has 3 rings (SSSR count). The summed E-state index contributed by atoms with van der Waals surface area (Å²) in [6, 6.07) is 4.94. The highest BCUT2D eigenvalue weighted by molar-refractivity contribution is 5.94. The number of hydrogen-bond donors (Lipinski definition) is 1. The summed E-state index contributed by atoms with van der Waals surface area (Å²) < 4.78 is 53.1. The van der Waals surface area contributed by atoms with Gasteiger partial charge in [0, 0.05) is 12.7 Å². The Morgan fingerprint density at radius 2 is 1.96 bits per heavy atom. The Morgan fingerprint density at radius 1 is 1.24 bits per heavy atom. The number of rotatable bonds is 2. The molecule has 2 atom stereocenters. The van der Waals surface area contributed by atoms with Crippen molar-refractivity contribution in [3.05, 3.63) is 65.2 Å². The van der Waals surface area contributed by atoms with Gasteiger partial charge in [0.1, 0.15) is 5.82 Å². The van der Waals surface area contributed by atoms with Crippen molar-refractivity contribution in [3.63, 3.8) is 0 Å². The van der Waals surface area contributed by atoms with Gasteiger partial charge in [0.15, 0.2) is 0 Å². The summed E-state index contributed by atoms with van der Waals surface area (Å²) in [5.74, 6) is -1.40. The number of hydrogen-bond acceptors (Lipinski definition) is 3. The van der Waals surface area contributed by atoms with Crippen LogP contribution in [0.5, 0.6) is 0 Å². The van der Waals surface area contributed by atoms with Gasteiger partial charge in [0.2, 0.25) is 0 Å². The molecule has 0 aliphatic carbocycles. The zero-order valence-corrected chi connectivity index (χ0v) is 12.9. The molecule has 0 unspecified atom stereocenters. The highest BCUT2D eigenvalue weighted by atomic mass is 19.4. The van der Waals surface area contributed by atoms with Gasteiger partial charge in [0.25, 0.3) is 5.91 Å². The molecule has 1 aromatic carbocycles. The van der Waals surface area contributed by atoms with Crippen LogP contribution < -0.4 is 0 Å². The lowest BCUT2D eigenvalue weighted by Crippen LogP contribution is -2.32. The van der Waals surface area contributed by atoms with Crippen LogP contribution >= 0.6 is 0 Å². The summed E-state index contributed by atoms with van der Waals surface area (Å²) in [6.45, 7) is -0.133. The van der Waals surface area contributed by atoms with Gasteiger partial charge >= 0.3 is 6.18 Å². The number of alkyl halides is 3. The Kier molecular flexibility index (Phi) is 4.47. The molecule has 1 aliphatic heterocycles. The fraction of sp³-hybridized carbons (Fsp3) is 0.294. The molecule has 1 aliphatic rings. The maximum atomic E-state index is 13.3. The lowest BCUT2D eigenvalue weighted by molar-refractivity contribution is -0.138. The van der Waals surface area contributed by atoms with Crippen LogP contribution in [0.2, 0.25) is 0 Å². The molecule has 132 valence electrons. The zero-order valence-electron chi connectivity index (χ0n) is 12.9. The maximum absolute atomic E-state index is 13.3. The van der Waals surface area contributed by atoms with Crippen molar-refractivity contribution in [2.45, 2.75) is 24.7 Å². The van der Waals surface area contributed by atoms with E-state index in [1.807, 2.05) is 0 Å². The number of amides is 1. The second-order valence-corrected chi connectivity index (χ2v) is 5.84. The van der Waals surface area contributed by atoms with Crippen molar-refractivity contribution in [3.8, 4) is 0 Å². The number of aliphatic hydroxyl groups is 1. The van der Waals surface area contributed by atoms with E-state index in [9.17, 15) is 27.5 Å². The van der Waals surface area contributed by atoms with E-state index in [2.05, 4.69) is 4.98 Å². The Balaban J connectivity index is 2.00. The van der Waals surface area contributed by atoms with Crippen LogP contribution in [0.3, 0.4) is 0 Å². The summed E-state index contributed by atoms with van der Waals surface area (Å²) in [6.07, 6.45) is -3.51. The van der Waals surface area contributed by atoms with Crippen LogP contribution in [0, 0.1) is 5.82 Å². The van der Waals surface area contributed by atoms with Gasteiger partial charge in [-0.25, -0.2) is 4.39 Å². The minimum atomic E-state index is -4.58. The average molecular weight is 354 g/mol. The first-order valence-corrected chi connectivity index (χ1v) is 7.53. The molecule has 25 heavy (non-hydrogen) atoms. The zero-order chi connectivity index (χ0) is 18.2. The van der Waals surface area contributed by atoms with Crippen LogP contribution in [0.15, 0.2) is 42.7 Å². The second kappa shape index (κ2) is 6.44. The van der Waals surface area contributed by atoms with E-state index in [0.717, 1.165) is 29.4 Å². The van der Waals surface area contributed by atoms with Gasteiger partial charge in [0.05, 0.1) is 29.5 Å². The van der Waals surface area contributed by atoms with E-state index in [4.69, 9.17) is 0 Å². The van der Waals surface area contributed by atoms with E-state index < -0.39 is 35.6 Å². The molecular weight excluding hydrogens is 340 g/mol. The summed E-state index contributed by atoms with van der Waals surface area (Å²) in [5.41, 5.74) is -1.03. The monoisotopic (exact) mass is 354 g/mol. The summed E-state index contributed by atoms with van der Waals surface area (Å²) in [7, 11) is 0. The number of nitrogens with zero attached hydrogens (tertiary/aromatic N) is 2. The lowest BCUT2D eigenvalue weighted by Gasteiger charge is -2.27. The first kappa shape index (κ1) is 17.3. The number of carbonyl (C=O) groups excluding carboxylic acids is 1. The van der Waals surface area contributed by atoms with Gasteiger partial charge in [-0.15, -0.1) is 0 Å². The van der Waals surface area contributed by atoms with Gasteiger partial charge in [-0.3, -0.25) is 9.78 Å². The van der Waals surface area contributed by atoms with Crippen molar-refractivity contribution in [1.29, 1.82) is 0 Å². The van der Waals surface area contributed by atoms with Crippen molar-refractivity contribution in [2.75, 3.05) is 6.54 Å². The number of carbonyl (C=O) groups is 1. The second-order valence-electron chi connectivity index (χ2n) is 5.84. The molecule has 2 aromatic rings. The Labute approximate surface area is 140 Å². The number of likely N-dealkylation sites (tertiary alicyclic amines) is 1. The first-order chi connectivity index (χ1) is 11.8. The first-order valence-electron chi connectivity index (χ1n) is 7.53. The molecule has 1 saturated heterocycles. The minimum absolute atomic E-state index is 0.0262. The quantitative estimate of drug-likeness (QED) is 0.843. The van der Waals surface area contributed by atoms with Crippen LogP contribution in [0.4, 0.5) is 17.6 Å². The van der Waals surface area contributed by atoms with Crippen LogP contribution in [0.1, 0.15) is 33.9 Å². The summed E-state index contributed by atoms with van der Waals surface area (Å²) in [4.78, 5) is 17.3. The third kappa shape index (κ3) is 3.48. The molecule has 0 radical (unpaired) electrons. The predicted molar refractivity (Wildman–Crippen MR) is 80.0 cm³/mol. The Morgan fingerprint density at radius 3 is 2.64 bits per heavy atom. The van der Waals surface area contributed by atoms with E-state index in [1.54, 1.807) is 0 Å². The van der Waals surface area contributed by atoms with Crippen LogP contribution in [-0.4, -0.2) is 33.5 Å². The average Bonchev–Trinajstić information content (AvgIpc) is 2.95. The van der Waals surface area contributed by atoms with Crippen molar-refractivity contribution in [1.82, 2.24) is 9.88 Å². The normalized spacial score (nSPS) is 20.8. The molecule has 0 bridgehead atoms. The molecule has 1 N–H and O–H groups in total. The topological polar surface area (TPSA) is 53.4 Å².